The first kappa shape index (κ1) is 12.8. The van der Waals surface area contributed by atoms with E-state index in [1.54, 1.807) is 24.1 Å². The lowest BCUT2D eigenvalue weighted by Crippen LogP contribution is -2.16. The van der Waals surface area contributed by atoms with Crippen LogP contribution in [0.4, 0.5) is 21.6 Å². The van der Waals surface area contributed by atoms with Crippen LogP contribution >= 0.6 is 0 Å². The number of aromatic carboxylic acids is 1. The van der Waals surface area contributed by atoms with Gasteiger partial charge in [-0.1, -0.05) is 0 Å². The third-order valence-corrected chi connectivity index (χ3v) is 2.65. The third kappa shape index (κ3) is 2.62. The van der Waals surface area contributed by atoms with Crippen molar-refractivity contribution in [2.75, 3.05) is 17.7 Å². The summed E-state index contributed by atoms with van der Waals surface area (Å²) in [5, 5.41) is 9.15. The molecule has 19 heavy (non-hydrogen) atoms. The van der Waals surface area contributed by atoms with Gasteiger partial charge in [0.25, 0.3) is 0 Å². The zero-order chi connectivity index (χ0) is 14.0. The molecule has 1 heterocycles. The van der Waals surface area contributed by atoms with Gasteiger partial charge in [0.15, 0.2) is 0 Å². The van der Waals surface area contributed by atoms with Gasteiger partial charge in [-0.15, -0.1) is 0 Å². The standard InChI is InChI=1S/C13H12FN3O2/c1-17(10-4-2-8(14)3-5-10)12-11(13(18)19)6-9(15)7-16-12/h2-7H,15H2,1H3,(H,18,19). The van der Waals surface area contributed by atoms with Crippen LogP contribution in [-0.4, -0.2) is 23.1 Å². The number of rotatable bonds is 3. The molecule has 0 bridgehead atoms. The molecule has 0 radical (unpaired) electrons. The summed E-state index contributed by atoms with van der Waals surface area (Å²) in [6.45, 7) is 0. The Hall–Kier alpha value is -2.63. The fourth-order valence-electron chi connectivity index (χ4n) is 1.69. The summed E-state index contributed by atoms with van der Waals surface area (Å²) in [4.78, 5) is 16.8. The van der Waals surface area contributed by atoms with Gasteiger partial charge >= 0.3 is 5.97 Å². The van der Waals surface area contributed by atoms with Gasteiger partial charge in [0, 0.05) is 12.7 Å². The van der Waals surface area contributed by atoms with Gasteiger partial charge in [-0.3, -0.25) is 0 Å². The molecule has 6 heteroatoms. The predicted octanol–water partition coefficient (Wildman–Crippen LogP) is 2.27. The number of nitrogen functional groups attached to an aromatic ring is 1. The first-order valence-corrected chi connectivity index (χ1v) is 5.47. The fourth-order valence-corrected chi connectivity index (χ4v) is 1.69. The van der Waals surface area contributed by atoms with Crippen LogP contribution < -0.4 is 10.6 Å². The van der Waals surface area contributed by atoms with Crippen molar-refractivity contribution in [3.8, 4) is 0 Å². The van der Waals surface area contributed by atoms with Gasteiger partial charge in [-0.25, -0.2) is 14.2 Å². The molecule has 2 rings (SSSR count). The molecule has 5 nitrogen and oxygen atoms in total. The maximum atomic E-state index is 12.9. The number of aromatic nitrogens is 1. The van der Waals surface area contributed by atoms with E-state index in [1.165, 1.54) is 24.4 Å². The Morgan fingerprint density at radius 2 is 2.00 bits per heavy atom. The second-order valence-electron chi connectivity index (χ2n) is 3.98. The van der Waals surface area contributed by atoms with Crippen molar-refractivity contribution >= 4 is 23.2 Å². The summed E-state index contributed by atoms with van der Waals surface area (Å²) in [5.74, 6) is -1.24. The van der Waals surface area contributed by atoms with Crippen molar-refractivity contribution in [1.29, 1.82) is 0 Å². The molecule has 0 aliphatic heterocycles. The molecular weight excluding hydrogens is 249 g/mol. The number of carboxylic acids is 1. The SMILES string of the molecule is CN(c1ccc(F)cc1)c1ncc(N)cc1C(=O)O. The van der Waals surface area contributed by atoms with E-state index < -0.39 is 5.97 Å². The normalized spacial score (nSPS) is 10.2. The fraction of sp³-hybridized carbons (Fsp3) is 0.0769. The molecule has 0 saturated carbocycles. The molecule has 2 aromatic rings. The molecule has 0 spiro atoms. The Bertz CT molecular complexity index is 614. The van der Waals surface area contributed by atoms with Crippen molar-refractivity contribution < 1.29 is 14.3 Å². The van der Waals surface area contributed by atoms with E-state index in [-0.39, 0.29) is 22.9 Å². The number of nitrogens with two attached hydrogens (primary N) is 1. The summed E-state index contributed by atoms with van der Waals surface area (Å²) < 4.78 is 12.9. The average molecular weight is 261 g/mol. The second kappa shape index (κ2) is 4.93. The van der Waals surface area contributed by atoms with Crippen LogP contribution in [0.1, 0.15) is 10.4 Å². The summed E-state index contributed by atoms with van der Waals surface area (Å²) in [7, 11) is 1.65. The Labute approximate surface area is 109 Å². The highest BCUT2D eigenvalue weighted by Gasteiger charge is 2.16. The first-order chi connectivity index (χ1) is 8.99. The summed E-state index contributed by atoms with van der Waals surface area (Å²) in [5.41, 5.74) is 6.42. The van der Waals surface area contributed by atoms with Crippen molar-refractivity contribution in [3.63, 3.8) is 0 Å². The van der Waals surface area contributed by atoms with Crippen LogP contribution in [0.2, 0.25) is 0 Å². The van der Waals surface area contributed by atoms with Gasteiger partial charge in [0.2, 0.25) is 0 Å². The van der Waals surface area contributed by atoms with E-state index in [9.17, 15) is 9.18 Å². The number of hydrogen-bond donors (Lipinski definition) is 2. The Balaban J connectivity index is 2.46. The maximum absolute atomic E-state index is 12.9. The Morgan fingerprint density at radius 1 is 1.37 bits per heavy atom. The lowest BCUT2D eigenvalue weighted by molar-refractivity contribution is 0.0697. The van der Waals surface area contributed by atoms with Crippen molar-refractivity contribution in [3.05, 3.63) is 47.9 Å². The van der Waals surface area contributed by atoms with Crippen LogP contribution in [0.15, 0.2) is 36.5 Å². The van der Waals surface area contributed by atoms with Gasteiger partial charge < -0.3 is 15.7 Å². The zero-order valence-corrected chi connectivity index (χ0v) is 10.2. The number of benzene rings is 1. The summed E-state index contributed by atoms with van der Waals surface area (Å²) >= 11 is 0. The first-order valence-electron chi connectivity index (χ1n) is 5.47. The predicted molar refractivity (Wildman–Crippen MR) is 70.1 cm³/mol. The topological polar surface area (TPSA) is 79.5 Å². The number of halogens is 1. The van der Waals surface area contributed by atoms with E-state index in [1.807, 2.05) is 0 Å². The molecule has 3 N–H and O–H groups in total. The van der Waals surface area contributed by atoms with Crippen LogP contribution in [0.3, 0.4) is 0 Å². The molecule has 0 unspecified atom stereocenters. The van der Waals surface area contributed by atoms with E-state index in [2.05, 4.69) is 4.98 Å². The minimum atomic E-state index is -1.12. The van der Waals surface area contributed by atoms with E-state index >= 15 is 0 Å². The number of anilines is 3. The summed E-state index contributed by atoms with van der Waals surface area (Å²) in [6, 6.07) is 7.01. The van der Waals surface area contributed by atoms with Gasteiger partial charge in [-0.2, -0.15) is 0 Å². The molecular formula is C13H12FN3O2. The van der Waals surface area contributed by atoms with Gasteiger partial charge in [0.1, 0.15) is 17.2 Å². The second-order valence-corrected chi connectivity index (χ2v) is 3.98. The molecule has 0 fully saturated rings. The maximum Gasteiger partial charge on any atom is 0.339 e. The molecule has 0 amide bonds. The number of pyridine rings is 1. The molecule has 0 aliphatic carbocycles. The molecule has 0 atom stereocenters. The lowest BCUT2D eigenvalue weighted by atomic mass is 10.2. The van der Waals surface area contributed by atoms with Crippen molar-refractivity contribution in [2.24, 2.45) is 0 Å². The highest BCUT2D eigenvalue weighted by molar-refractivity contribution is 5.95. The van der Waals surface area contributed by atoms with E-state index in [0.717, 1.165) is 0 Å². The van der Waals surface area contributed by atoms with Crippen molar-refractivity contribution in [2.45, 2.75) is 0 Å². The number of carboxylic acid groups (broad SMARTS) is 1. The van der Waals surface area contributed by atoms with E-state index in [0.29, 0.717) is 5.69 Å². The molecule has 98 valence electrons. The van der Waals surface area contributed by atoms with Crippen LogP contribution in [0, 0.1) is 5.82 Å². The van der Waals surface area contributed by atoms with Gasteiger partial charge in [-0.05, 0) is 30.3 Å². The number of hydrogen-bond acceptors (Lipinski definition) is 4. The largest absolute Gasteiger partial charge is 0.478 e. The minimum Gasteiger partial charge on any atom is -0.478 e. The summed E-state index contributed by atoms with van der Waals surface area (Å²) in [6.07, 6.45) is 1.38. The smallest absolute Gasteiger partial charge is 0.339 e. The lowest BCUT2D eigenvalue weighted by Gasteiger charge is -2.20. The van der Waals surface area contributed by atoms with Gasteiger partial charge in [0.05, 0.1) is 11.9 Å². The molecule has 1 aromatic heterocycles. The molecule has 1 aromatic carbocycles. The molecule has 0 saturated heterocycles. The monoisotopic (exact) mass is 261 g/mol. The zero-order valence-electron chi connectivity index (χ0n) is 10.2. The highest BCUT2D eigenvalue weighted by Crippen LogP contribution is 2.26. The molecule has 0 aliphatic rings. The Morgan fingerprint density at radius 3 is 2.58 bits per heavy atom. The number of carbonyl (C=O) groups is 1. The highest BCUT2D eigenvalue weighted by atomic mass is 19.1. The van der Waals surface area contributed by atoms with Crippen LogP contribution in [-0.2, 0) is 0 Å². The number of nitrogens with zero attached hydrogens (tertiary/aromatic N) is 2. The quantitative estimate of drug-likeness (QED) is 0.886. The van der Waals surface area contributed by atoms with Crippen LogP contribution in [0.25, 0.3) is 0 Å². The Kier molecular flexibility index (Phi) is 3.33. The third-order valence-electron chi connectivity index (χ3n) is 2.65. The van der Waals surface area contributed by atoms with Crippen molar-refractivity contribution in [1.82, 2.24) is 4.98 Å². The van der Waals surface area contributed by atoms with E-state index in [4.69, 9.17) is 10.8 Å². The van der Waals surface area contributed by atoms with Crippen LogP contribution in [0.5, 0.6) is 0 Å². The average Bonchev–Trinajstić information content (AvgIpc) is 2.38. The minimum absolute atomic E-state index is 0.00757.